The van der Waals surface area contributed by atoms with Gasteiger partial charge in [0.25, 0.3) is 0 Å². The third kappa shape index (κ3) is 1.37. The number of nitrogens with zero attached hydrogens (tertiary/aromatic N) is 1. The molecule has 2 rings (SSSR count). The fourth-order valence-corrected chi connectivity index (χ4v) is 1.57. The highest BCUT2D eigenvalue weighted by molar-refractivity contribution is 6.35. The summed E-state index contributed by atoms with van der Waals surface area (Å²) in [6.45, 7) is 0.0449. The summed E-state index contributed by atoms with van der Waals surface area (Å²) in [6.07, 6.45) is 1.60. The van der Waals surface area contributed by atoms with Gasteiger partial charge in [0.15, 0.2) is 0 Å². The largest absolute Gasteiger partial charge is 0.360 e. The molecule has 2 N–H and O–H groups in total. The summed E-state index contributed by atoms with van der Waals surface area (Å²) in [5.74, 6) is -0.369. The molecular formula is C9H7ClFN3. The number of rotatable bonds is 2. The molecule has 0 atom stereocenters. The van der Waals surface area contributed by atoms with Crippen molar-refractivity contribution in [2.45, 2.75) is 6.54 Å². The highest BCUT2D eigenvalue weighted by Crippen LogP contribution is 2.25. The van der Waals surface area contributed by atoms with Gasteiger partial charge in [-0.2, -0.15) is 5.11 Å². The summed E-state index contributed by atoms with van der Waals surface area (Å²) in [4.78, 5) is 2.85. The van der Waals surface area contributed by atoms with E-state index in [0.717, 1.165) is 5.39 Å². The molecule has 0 bridgehead atoms. The third-order valence-corrected chi connectivity index (χ3v) is 2.36. The van der Waals surface area contributed by atoms with Gasteiger partial charge in [-0.3, -0.25) is 0 Å². The quantitative estimate of drug-likeness (QED) is 0.715. The molecule has 0 aliphatic rings. The second-order valence-electron chi connectivity index (χ2n) is 2.94. The molecule has 0 amide bonds. The van der Waals surface area contributed by atoms with Crippen LogP contribution in [-0.4, -0.2) is 4.98 Å². The van der Waals surface area contributed by atoms with Gasteiger partial charge < -0.3 is 4.98 Å². The van der Waals surface area contributed by atoms with E-state index in [4.69, 9.17) is 17.1 Å². The van der Waals surface area contributed by atoms with Gasteiger partial charge >= 0.3 is 0 Å². The Balaban J connectivity index is 2.67. The first-order valence-corrected chi connectivity index (χ1v) is 4.38. The fourth-order valence-electron chi connectivity index (χ4n) is 1.36. The van der Waals surface area contributed by atoms with Crippen LogP contribution in [0.2, 0.25) is 5.02 Å². The van der Waals surface area contributed by atoms with Gasteiger partial charge in [-0.15, -0.1) is 0 Å². The van der Waals surface area contributed by atoms with Crippen LogP contribution in [0.15, 0.2) is 23.4 Å². The molecule has 0 radical (unpaired) electrons. The topological polar surface area (TPSA) is 52.0 Å². The van der Waals surface area contributed by atoms with Crippen molar-refractivity contribution in [2.75, 3.05) is 0 Å². The Kier molecular flexibility index (Phi) is 2.21. The van der Waals surface area contributed by atoms with Crippen molar-refractivity contribution in [3.63, 3.8) is 0 Å². The molecule has 0 aliphatic carbocycles. The van der Waals surface area contributed by atoms with Gasteiger partial charge in [-0.05, 0) is 12.1 Å². The van der Waals surface area contributed by atoms with E-state index in [1.54, 1.807) is 12.3 Å². The van der Waals surface area contributed by atoms with Crippen molar-refractivity contribution in [3.8, 4) is 0 Å². The average Bonchev–Trinajstić information content (AvgIpc) is 2.49. The number of aromatic amines is 1. The summed E-state index contributed by atoms with van der Waals surface area (Å²) in [6, 6.07) is 2.98. The lowest BCUT2D eigenvalue weighted by Crippen LogP contribution is -1.87. The van der Waals surface area contributed by atoms with Crippen LogP contribution in [-0.2, 0) is 6.54 Å². The van der Waals surface area contributed by atoms with E-state index in [1.165, 1.54) is 6.07 Å². The van der Waals surface area contributed by atoms with E-state index in [1.807, 2.05) is 0 Å². The number of benzene rings is 1. The predicted octanol–water partition coefficient (Wildman–Crippen LogP) is 3.49. The van der Waals surface area contributed by atoms with Gasteiger partial charge in [-0.25, -0.2) is 9.92 Å². The zero-order valence-corrected chi connectivity index (χ0v) is 7.90. The van der Waals surface area contributed by atoms with Crippen molar-refractivity contribution in [3.05, 3.63) is 34.7 Å². The molecule has 3 nitrogen and oxygen atoms in total. The number of hydrogen-bond acceptors (Lipinski definition) is 2. The Morgan fingerprint density at radius 3 is 3.00 bits per heavy atom. The zero-order valence-electron chi connectivity index (χ0n) is 7.14. The maximum absolute atomic E-state index is 13.3. The lowest BCUT2D eigenvalue weighted by atomic mass is 10.1. The minimum Gasteiger partial charge on any atom is -0.360 e. The van der Waals surface area contributed by atoms with Crippen molar-refractivity contribution >= 4 is 22.5 Å². The Morgan fingerprint density at radius 2 is 2.29 bits per heavy atom. The number of H-pyrrole nitrogens is 1. The Hall–Kier alpha value is -1.42. The van der Waals surface area contributed by atoms with Crippen LogP contribution < -0.4 is 0 Å². The van der Waals surface area contributed by atoms with Gasteiger partial charge in [0.1, 0.15) is 5.82 Å². The van der Waals surface area contributed by atoms with Crippen LogP contribution in [0.3, 0.4) is 0 Å². The summed E-state index contributed by atoms with van der Waals surface area (Å²) in [5.41, 5.74) is 7.72. The first-order chi connectivity index (χ1) is 6.72. The minimum absolute atomic E-state index is 0.0449. The zero-order chi connectivity index (χ0) is 10.1. The van der Waals surface area contributed by atoms with Crippen molar-refractivity contribution < 1.29 is 4.39 Å². The van der Waals surface area contributed by atoms with Crippen LogP contribution in [0, 0.1) is 11.3 Å². The first-order valence-electron chi connectivity index (χ1n) is 4.00. The second kappa shape index (κ2) is 3.38. The highest BCUT2D eigenvalue weighted by Gasteiger charge is 2.07. The van der Waals surface area contributed by atoms with Gasteiger partial charge in [0.2, 0.25) is 0 Å². The van der Waals surface area contributed by atoms with E-state index < -0.39 is 0 Å². The fraction of sp³-hybridized carbons (Fsp3) is 0.111. The third-order valence-electron chi connectivity index (χ3n) is 2.05. The predicted molar refractivity (Wildman–Crippen MR) is 52.1 cm³/mol. The maximum Gasteiger partial charge on any atom is 0.130 e. The molecule has 0 spiro atoms. The summed E-state index contributed by atoms with van der Waals surface area (Å²) in [5, 5.41) is 4.45. The molecule has 14 heavy (non-hydrogen) atoms. The maximum atomic E-state index is 13.3. The molecule has 5 heteroatoms. The Labute approximate surface area is 84.4 Å². The smallest absolute Gasteiger partial charge is 0.130 e. The monoisotopic (exact) mass is 211 g/mol. The minimum atomic E-state index is -0.369. The second-order valence-corrected chi connectivity index (χ2v) is 3.35. The van der Waals surface area contributed by atoms with Crippen LogP contribution in [0.5, 0.6) is 0 Å². The molecule has 0 saturated heterocycles. The normalized spacial score (nSPS) is 10.7. The van der Waals surface area contributed by atoms with Crippen molar-refractivity contribution in [1.29, 1.82) is 5.53 Å². The summed E-state index contributed by atoms with van der Waals surface area (Å²) in [7, 11) is 0. The van der Waals surface area contributed by atoms with Crippen LogP contribution >= 0.6 is 11.6 Å². The molecule has 1 aromatic carbocycles. The number of hydrogen-bond donors (Lipinski definition) is 2. The highest BCUT2D eigenvalue weighted by atomic mass is 35.5. The molecule has 72 valence electrons. The van der Waals surface area contributed by atoms with E-state index >= 15 is 0 Å². The number of aromatic nitrogens is 1. The molecule has 1 heterocycles. The van der Waals surface area contributed by atoms with Crippen LogP contribution in [0.25, 0.3) is 10.9 Å². The van der Waals surface area contributed by atoms with Crippen molar-refractivity contribution in [2.24, 2.45) is 5.11 Å². The summed E-state index contributed by atoms with van der Waals surface area (Å²) >= 11 is 5.87. The van der Waals surface area contributed by atoms with Crippen LogP contribution in [0.4, 0.5) is 4.39 Å². The average molecular weight is 212 g/mol. The van der Waals surface area contributed by atoms with E-state index in [2.05, 4.69) is 10.1 Å². The molecule has 2 aromatic rings. The molecule has 0 fully saturated rings. The van der Waals surface area contributed by atoms with E-state index in [9.17, 15) is 4.39 Å². The summed E-state index contributed by atoms with van der Waals surface area (Å²) < 4.78 is 13.3. The van der Waals surface area contributed by atoms with E-state index in [0.29, 0.717) is 16.1 Å². The van der Waals surface area contributed by atoms with Gasteiger partial charge in [0.05, 0.1) is 11.6 Å². The first kappa shape index (κ1) is 9.15. The molecule has 0 saturated carbocycles. The van der Waals surface area contributed by atoms with E-state index in [-0.39, 0.29) is 12.4 Å². The number of nitrogens with one attached hydrogen (secondary N) is 2. The number of fused-ring (bicyclic) bond motifs is 1. The Bertz CT molecular complexity index is 492. The van der Waals surface area contributed by atoms with Gasteiger partial charge in [-0.1, -0.05) is 11.6 Å². The Morgan fingerprint density at radius 1 is 1.50 bits per heavy atom. The molecule has 0 unspecified atom stereocenters. The van der Waals surface area contributed by atoms with Crippen LogP contribution in [0.1, 0.15) is 5.56 Å². The molecule has 0 aliphatic heterocycles. The number of halogens is 2. The van der Waals surface area contributed by atoms with Gasteiger partial charge in [0, 0.05) is 22.7 Å². The SMILES string of the molecule is N=NCc1cc2c(Cl)c[nH]c2cc1F. The molecule has 1 aromatic heterocycles. The molecular weight excluding hydrogens is 205 g/mol. The lowest BCUT2D eigenvalue weighted by Gasteiger charge is -1.99. The lowest BCUT2D eigenvalue weighted by molar-refractivity contribution is 0.609. The van der Waals surface area contributed by atoms with Crippen molar-refractivity contribution in [1.82, 2.24) is 4.98 Å². The standard InChI is InChI=1S/C9H7ClFN3/c10-7-4-13-9-2-8(11)5(3-14-12)1-6(7)9/h1-2,4,12-13H,3H2.